The first-order chi connectivity index (χ1) is 10.3. The van der Waals surface area contributed by atoms with Gasteiger partial charge in [0.15, 0.2) is 0 Å². The molecule has 1 aromatic heterocycles. The average Bonchev–Trinajstić information content (AvgIpc) is 3.02. The Morgan fingerprint density at radius 2 is 1.86 bits per heavy atom. The lowest BCUT2D eigenvalue weighted by molar-refractivity contribution is 0.255. The van der Waals surface area contributed by atoms with E-state index < -0.39 is 0 Å². The monoisotopic (exact) mass is 288 g/mol. The topological polar surface area (TPSA) is 35.2 Å². The van der Waals surface area contributed by atoms with Crippen molar-refractivity contribution < 1.29 is 4.39 Å². The predicted molar refractivity (Wildman–Crippen MR) is 82.0 cm³/mol. The summed E-state index contributed by atoms with van der Waals surface area (Å²) in [5, 5.41) is 6.81. The van der Waals surface area contributed by atoms with E-state index in [0.29, 0.717) is 0 Å². The van der Waals surface area contributed by atoms with Gasteiger partial charge in [-0.1, -0.05) is 0 Å². The van der Waals surface area contributed by atoms with Crippen molar-refractivity contribution in [3.63, 3.8) is 0 Å². The Morgan fingerprint density at radius 3 is 2.52 bits per heavy atom. The Morgan fingerprint density at radius 1 is 1.10 bits per heavy atom. The van der Waals surface area contributed by atoms with Crippen LogP contribution in [0.2, 0.25) is 0 Å². The van der Waals surface area contributed by atoms with Gasteiger partial charge in [0.2, 0.25) is 0 Å². The van der Waals surface area contributed by atoms with Gasteiger partial charge in [0.05, 0.1) is 6.20 Å². The van der Waals surface area contributed by atoms with Crippen LogP contribution in [-0.2, 0) is 6.42 Å². The normalized spacial score (nSPS) is 16.3. The zero-order chi connectivity index (χ0) is 14.5. The van der Waals surface area contributed by atoms with E-state index in [9.17, 15) is 4.39 Å². The van der Waals surface area contributed by atoms with Crippen molar-refractivity contribution in [3.8, 4) is 0 Å². The predicted octanol–water partition coefficient (Wildman–Crippen LogP) is 2.30. The van der Waals surface area contributed by atoms with Crippen LogP contribution >= 0.6 is 0 Å². The van der Waals surface area contributed by atoms with Crippen molar-refractivity contribution in [1.82, 2.24) is 15.1 Å². The number of rotatable bonds is 5. The van der Waals surface area contributed by atoms with E-state index in [1.165, 1.54) is 17.7 Å². The lowest BCUT2D eigenvalue weighted by Gasteiger charge is -2.36. The van der Waals surface area contributed by atoms with Crippen LogP contribution in [0.1, 0.15) is 12.0 Å². The summed E-state index contributed by atoms with van der Waals surface area (Å²) >= 11 is 0. The molecule has 1 N–H and O–H groups in total. The van der Waals surface area contributed by atoms with Gasteiger partial charge in [-0.3, -0.25) is 10.00 Å². The number of nitrogens with one attached hydrogen (secondary N) is 1. The smallest absolute Gasteiger partial charge is 0.123 e. The second-order valence-corrected chi connectivity index (χ2v) is 5.52. The highest BCUT2D eigenvalue weighted by molar-refractivity contribution is 5.46. The van der Waals surface area contributed by atoms with Gasteiger partial charge in [0.1, 0.15) is 5.82 Å². The molecule has 2 aromatic rings. The highest BCUT2D eigenvalue weighted by atomic mass is 19.1. The summed E-state index contributed by atoms with van der Waals surface area (Å²) in [6.07, 6.45) is 6.10. The molecule has 1 aromatic carbocycles. The fourth-order valence-electron chi connectivity index (χ4n) is 2.80. The van der Waals surface area contributed by atoms with Crippen molar-refractivity contribution >= 4 is 5.69 Å². The average molecular weight is 288 g/mol. The second kappa shape index (κ2) is 6.72. The van der Waals surface area contributed by atoms with Crippen molar-refractivity contribution in [2.45, 2.75) is 12.8 Å². The molecule has 4 nitrogen and oxygen atoms in total. The molecule has 1 fully saturated rings. The maximum atomic E-state index is 12.9. The number of anilines is 1. The molecule has 21 heavy (non-hydrogen) atoms. The maximum absolute atomic E-state index is 12.9. The molecule has 5 heteroatoms. The van der Waals surface area contributed by atoms with E-state index in [0.717, 1.165) is 51.3 Å². The molecule has 3 rings (SSSR count). The molecular weight excluding hydrogens is 267 g/mol. The van der Waals surface area contributed by atoms with E-state index in [4.69, 9.17) is 0 Å². The molecule has 0 bridgehead atoms. The first-order valence-electron chi connectivity index (χ1n) is 7.52. The molecule has 0 atom stereocenters. The highest BCUT2D eigenvalue weighted by Gasteiger charge is 2.16. The summed E-state index contributed by atoms with van der Waals surface area (Å²) in [6, 6.07) is 6.80. The zero-order valence-electron chi connectivity index (χ0n) is 12.1. The maximum Gasteiger partial charge on any atom is 0.123 e. The van der Waals surface area contributed by atoms with Crippen LogP contribution in [0.4, 0.5) is 10.1 Å². The zero-order valence-corrected chi connectivity index (χ0v) is 12.1. The molecular formula is C16H21FN4. The molecule has 112 valence electrons. The minimum absolute atomic E-state index is 0.170. The van der Waals surface area contributed by atoms with Crippen molar-refractivity contribution in [3.05, 3.63) is 48.0 Å². The summed E-state index contributed by atoms with van der Waals surface area (Å²) in [7, 11) is 0. The summed E-state index contributed by atoms with van der Waals surface area (Å²) in [5.41, 5.74) is 2.40. The largest absolute Gasteiger partial charge is 0.369 e. The molecule has 1 aliphatic heterocycles. The van der Waals surface area contributed by atoms with Crippen LogP contribution < -0.4 is 4.90 Å². The van der Waals surface area contributed by atoms with Crippen LogP contribution in [0.3, 0.4) is 0 Å². The number of benzene rings is 1. The Balaban J connectivity index is 1.41. The molecule has 0 unspecified atom stereocenters. The van der Waals surface area contributed by atoms with Gasteiger partial charge in [-0.05, 0) is 49.2 Å². The Kier molecular flexibility index (Phi) is 4.50. The Bertz CT molecular complexity index is 530. The summed E-state index contributed by atoms with van der Waals surface area (Å²) in [4.78, 5) is 4.83. The fourth-order valence-corrected chi connectivity index (χ4v) is 2.80. The Hall–Kier alpha value is -1.88. The van der Waals surface area contributed by atoms with Gasteiger partial charge in [-0.25, -0.2) is 4.39 Å². The number of hydrogen-bond acceptors (Lipinski definition) is 3. The van der Waals surface area contributed by atoms with E-state index in [2.05, 4.69) is 20.0 Å². The van der Waals surface area contributed by atoms with Crippen LogP contribution in [0.5, 0.6) is 0 Å². The fraction of sp³-hybridized carbons (Fsp3) is 0.438. The second-order valence-electron chi connectivity index (χ2n) is 5.52. The molecule has 1 saturated heterocycles. The van der Waals surface area contributed by atoms with E-state index in [1.807, 2.05) is 24.5 Å². The molecule has 0 radical (unpaired) electrons. The number of H-pyrrole nitrogens is 1. The quantitative estimate of drug-likeness (QED) is 0.917. The van der Waals surface area contributed by atoms with Gasteiger partial charge >= 0.3 is 0 Å². The number of aryl methyl sites for hydroxylation is 1. The number of halogens is 1. The minimum Gasteiger partial charge on any atom is -0.369 e. The van der Waals surface area contributed by atoms with Gasteiger partial charge in [-0.15, -0.1) is 0 Å². The summed E-state index contributed by atoms with van der Waals surface area (Å²) in [5.74, 6) is -0.170. The highest BCUT2D eigenvalue weighted by Crippen LogP contribution is 2.17. The first-order valence-corrected chi connectivity index (χ1v) is 7.52. The Labute approximate surface area is 124 Å². The van der Waals surface area contributed by atoms with Gasteiger partial charge < -0.3 is 4.90 Å². The molecule has 0 aliphatic carbocycles. The van der Waals surface area contributed by atoms with Crippen molar-refractivity contribution in [1.29, 1.82) is 0 Å². The third-order valence-electron chi connectivity index (χ3n) is 4.06. The third-order valence-corrected chi connectivity index (χ3v) is 4.06. The van der Waals surface area contributed by atoms with Crippen LogP contribution in [0.25, 0.3) is 0 Å². The molecule has 1 aliphatic rings. The summed E-state index contributed by atoms with van der Waals surface area (Å²) in [6.45, 7) is 5.29. The van der Waals surface area contributed by atoms with Crippen LogP contribution in [-0.4, -0.2) is 47.8 Å². The lowest BCUT2D eigenvalue weighted by atomic mass is 10.2. The summed E-state index contributed by atoms with van der Waals surface area (Å²) < 4.78 is 12.9. The standard InChI is InChI=1S/C16H21FN4/c17-15-3-5-16(6-4-15)21-10-8-20(9-11-21)7-1-2-14-12-18-19-13-14/h3-6,12-13H,1-2,7-11H2,(H,18,19). The van der Waals surface area contributed by atoms with Crippen LogP contribution in [0.15, 0.2) is 36.7 Å². The van der Waals surface area contributed by atoms with Crippen molar-refractivity contribution in [2.75, 3.05) is 37.6 Å². The number of piperazine rings is 1. The molecule has 0 amide bonds. The van der Waals surface area contributed by atoms with E-state index >= 15 is 0 Å². The lowest BCUT2D eigenvalue weighted by Crippen LogP contribution is -2.46. The number of nitrogens with zero attached hydrogens (tertiary/aromatic N) is 3. The van der Waals surface area contributed by atoms with Crippen LogP contribution in [0, 0.1) is 5.82 Å². The number of hydrogen-bond donors (Lipinski definition) is 1. The van der Waals surface area contributed by atoms with Gasteiger partial charge in [0.25, 0.3) is 0 Å². The number of aromatic amines is 1. The SMILES string of the molecule is Fc1ccc(N2CCN(CCCc3cn[nH]c3)CC2)cc1. The minimum atomic E-state index is -0.170. The van der Waals surface area contributed by atoms with Gasteiger partial charge in [-0.2, -0.15) is 5.10 Å². The number of aromatic nitrogens is 2. The molecule has 0 saturated carbocycles. The first kappa shape index (κ1) is 14.1. The van der Waals surface area contributed by atoms with E-state index in [-0.39, 0.29) is 5.82 Å². The third kappa shape index (κ3) is 3.82. The van der Waals surface area contributed by atoms with E-state index in [1.54, 1.807) is 0 Å². The van der Waals surface area contributed by atoms with Gasteiger partial charge in [0, 0.05) is 38.1 Å². The molecule has 0 spiro atoms. The van der Waals surface area contributed by atoms with Crippen molar-refractivity contribution in [2.24, 2.45) is 0 Å². The molecule has 2 heterocycles.